The zero-order valence-corrected chi connectivity index (χ0v) is 17.0. The summed E-state index contributed by atoms with van der Waals surface area (Å²) in [5.41, 5.74) is 0.299. The number of hydrogen-bond donors (Lipinski definition) is 1. The molecule has 0 aliphatic carbocycles. The van der Waals surface area contributed by atoms with Gasteiger partial charge in [-0.2, -0.15) is 13.9 Å². The summed E-state index contributed by atoms with van der Waals surface area (Å²) < 4.78 is 48.5. The summed E-state index contributed by atoms with van der Waals surface area (Å²) in [4.78, 5) is 12.2. The third-order valence-electron chi connectivity index (χ3n) is 3.02. The SMILES string of the molecule is COS(=O)NC(=O)c1cc(-c2nn(C)c(OC(F)F)c2Br)c(Cl)cc1Cl. The molecule has 0 saturated heterocycles. The van der Waals surface area contributed by atoms with Crippen LogP contribution in [0.5, 0.6) is 5.88 Å². The molecule has 142 valence electrons. The summed E-state index contributed by atoms with van der Waals surface area (Å²) in [7, 11) is 2.53. The highest BCUT2D eigenvalue weighted by Crippen LogP contribution is 2.40. The predicted octanol–water partition coefficient (Wildman–Crippen LogP) is 3.71. The van der Waals surface area contributed by atoms with Gasteiger partial charge in [0.2, 0.25) is 5.88 Å². The molecule has 7 nitrogen and oxygen atoms in total. The fraction of sp³-hybridized carbons (Fsp3) is 0.231. The molecule has 0 spiro atoms. The zero-order chi connectivity index (χ0) is 19.6. The zero-order valence-electron chi connectivity index (χ0n) is 13.1. The number of alkyl halides is 2. The smallest absolute Gasteiger partial charge is 0.388 e. The molecule has 1 atom stereocenters. The Morgan fingerprint density at radius 3 is 2.62 bits per heavy atom. The van der Waals surface area contributed by atoms with Crippen molar-refractivity contribution < 1.29 is 26.7 Å². The van der Waals surface area contributed by atoms with Gasteiger partial charge in [0.05, 0.1) is 22.7 Å². The number of aryl methyl sites for hydroxylation is 1. The molecule has 26 heavy (non-hydrogen) atoms. The number of nitrogens with zero attached hydrogens (tertiary/aromatic N) is 2. The van der Waals surface area contributed by atoms with Crippen molar-refractivity contribution in [1.82, 2.24) is 14.5 Å². The lowest BCUT2D eigenvalue weighted by atomic mass is 10.1. The molecule has 1 N–H and O–H groups in total. The average Bonchev–Trinajstić information content (AvgIpc) is 2.82. The molecule has 1 unspecified atom stereocenters. The molecule has 0 saturated carbocycles. The van der Waals surface area contributed by atoms with Crippen molar-refractivity contribution in [3.05, 3.63) is 32.2 Å². The first kappa shape index (κ1) is 21.0. The Labute approximate surface area is 167 Å². The number of carbonyl (C=O) groups excluding carboxylic acids is 1. The molecule has 0 aliphatic rings. The van der Waals surface area contributed by atoms with Gasteiger partial charge in [-0.1, -0.05) is 23.2 Å². The van der Waals surface area contributed by atoms with Crippen LogP contribution in [0.3, 0.4) is 0 Å². The van der Waals surface area contributed by atoms with Gasteiger partial charge in [0.15, 0.2) is 0 Å². The highest BCUT2D eigenvalue weighted by Gasteiger charge is 2.24. The molecule has 0 aliphatic heterocycles. The van der Waals surface area contributed by atoms with Crippen LogP contribution in [0.4, 0.5) is 8.78 Å². The predicted molar refractivity (Wildman–Crippen MR) is 95.6 cm³/mol. The largest absolute Gasteiger partial charge is 0.416 e. The molecule has 1 aromatic carbocycles. The Kier molecular flexibility index (Phi) is 6.97. The van der Waals surface area contributed by atoms with Crippen molar-refractivity contribution in [3.63, 3.8) is 0 Å². The number of carbonyl (C=O) groups is 1. The Morgan fingerprint density at radius 1 is 1.38 bits per heavy atom. The minimum Gasteiger partial charge on any atom is -0.416 e. The first-order valence-electron chi connectivity index (χ1n) is 6.59. The van der Waals surface area contributed by atoms with Crippen molar-refractivity contribution in [2.45, 2.75) is 6.61 Å². The summed E-state index contributed by atoms with van der Waals surface area (Å²) in [6.07, 6.45) is 0. The lowest BCUT2D eigenvalue weighted by molar-refractivity contribution is -0.0558. The van der Waals surface area contributed by atoms with Gasteiger partial charge in [0, 0.05) is 12.6 Å². The molecule has 0 bridgehead atoms. The van der Waals surface area contributed by atoms with Gasteiger partial charge in [-0.25, -0.2) is 13.6 Å². The van der Waals surface area contributed by atoms with Gasteiger partial charge in [-0.15, -0.1) is 0 Å². The number of ether oxygens (including phenoxy) is 1. The van der Waals surface area contributed by atoms with E-state index in [0.29, 0.717) is 0 Å². The second-order valence-electron chi connectivity index (χ2n) is 4.61. The standard InChI is InChI=1S/C13H10BrCl2F2N3O4S/c1-21-12(25-13(17)18)9(14)10(19-21)5-3-6(8(16)4-7(5)15)11(22)20-26(23)24-2/h3-4,13H,1-2H3,(H,20,22). The van der Waals surface area contributed by atoms with Crippen molar-refractivity contribution in [2.75, 3.05) is 7.11 Å². The van der Waals surface area contributed by atoms with E-state index in [9.17, 15) is 17.8 Å². The quantitative estimate of drug-likeness (QED) is 0.664. The molecule has 2 aromatic rings. The van der Waals surface area contributed by atoms with E-state index in [1.807, 2.05) is 0 Å². The Hall–Kier alpha value is -1.27. The van der Waals surface area contributed by atoms with E-state index in [-0.39, 0.29) is 37.2 Å². The number of halogens is 5. The molecule has 2 rings (SSSR count). The van der Waals surface area contributed by atoms with Gasteiger partial charge in [-0.3, -0.25) is 8.98 Å². The van der Waals surface area contributed by atoms with Crippen molar-refractivity contribution in [3.8, 4) is 17.1 Å². The van der Waals surface area contributed by atoms with E-state index >= 15 is 0 Å². The maximum absolute atomic E-state index is 12.5. The summed E-state index contributed by atoms with van der Waals surface area (Å²) in [6.45, 7) is -3.05. The Balaban J connectivity index is 2.53. The Bertz CT molecular complexity index is 882. The van der Waals surface area contributed by atoms with Crippen LogP contribution in [0.1, 0.15) is 10.4 Å². The number of aromatic nitrogens is 2. The summed E-state index contributed by atoms with van der Waals surface area (Å²) in [5.74, 6) is -1.02. The van der Waals surface area contributed by atoms with Crippen LogP contribution >= 0.6 is 39.1 Å². The maximum atomic E-state index is 12.5. The van der Waals surface area contributed by atoms with Crippen LogP contribution < -0.4 is 9.46 Å². The number of nitrogens with one attached hydrogen (secondary N) is 1. The van der Waals surface area contributed by atoms with Gasteiger partial charge in [-0.05, 0) is 28.1 Å². The van der Waals surface area contributed by atoms with E-state index in [1.165, 1.54) is 19.2 Å². The molecular formula is C13H10BrCl2F2N3O4S. The van der Waals surface area contributed by atoms with E-state index in [0.717, 1.165) is 11.8 Å². The Morgan fingerprint density at radius 2 is 2.04 bits per heavy atom. The monoisotopic (exact) mass is 491 g/mol. The molecule has 1 aromatic heterocycles. The van der Waals surface area contributed by atoms with Gasteiger partial charge < -0.3 is 4.74 Å². The number of rotatable bonds is 6. The minimum absolute atomic E-state index is 0.0135. The third-order valence-corrected chi connectivity index (χ3v) is 5.02. The van der Waals surface area contributed by atoms with Crippen LogP contribution in [-0.4, -0.2) is 33.6 Å². The van der Waals surface area contributed by atoms with E-state index in [4.69, 9.17) is 23.2 Å². The first-order chi connectivity index (χ1) is 12.1. The average molecular weight is 493 g/mol. The highest BCUT2D eigenvalue weighted by molar-refractivity contribution is 9.10. The van der Waals surface area contributed by atoms with Crippen LogP contribution in [-0.2, 0) is 22.5 Å². The van der Waals surface area contributed by atoms with Crippen LogP contribution in [0, 0.1) is 0 Å². The maximum Gasteiger partial charge on any atom is 0.388 e. The van der Waals surface area contributed by atoms with Crippen LogP contribution in [0.2, 0.25) is 10.0 Å². The molecule has 0 radical (unpaired) electrons. The van der Waals surface area contributed by atoms with Crippen molar-refractivity contribution >= 4 is 56.3 Å². The van der Waals surface area contributed by atoms with Crippen molar-refractivity contribution in [2.24, 2.45) is 7.05 Å². The van der Waals surface area contributed by atoms with Gasteiger partial charge in [0.25, 0.3) is 17.2 Å². The van der Waals surface area contributed by atoms with Crippen molar-refractivity contribution in [1.29, 1.82) is 0 Å². The van der Waals surface area contributed by atoms with Gasteiger partial charge >= 0.3 is 6.61 Å². The van der Waals surface area contributed by atoms with Crippen LogP contribution in [0.25, 0.3) is 11.3 Å². The second-order valence-corrected chi connectivity index (χ2v) is 7.23. The van der Waals surface area contributed by atoms with Crippen LogP contribution in [0.15, 0.2) is 16.6 Å². The fourth-order valence-electron chi connectivity index (χ4n) is 1.94. The molecule has 0 fully saturated rings. The topological polar surface area (TPSA) is 82.5 Å². The highest BCUT2D eigenvalue weighted by atomic mass is 79.9. The lowest BCUT2D eigenvalue weighted by Gasteiger charge is -2.09. The van der Waals surface area contributed by atoms with Gasteiger partial charge in [0.1, 0.15) is 10.2 Å². The normalized spacial score (nSPS) is 12.3. The van der Waals surface area contributed by atoms with E-state index < -0.39 is 23.8 Å². The number of amides is 1. The summed E-state index contributed by atoms with van der Waals surface area (Å²) >= 11 is 13.2. The van der Waals surface area contributed by atoms with E-state index in [2.05, 4.69) is 34.7 Å². The summed E-state index contributed by atoms with van der Waals surface area (Å²) in [6, 6.07) is 2.56. The molecule has 13 heteroatoms. The molecular weight excluding hydrogens is 483 g/mol. The molecule has 1 amide bonds. The fourth-order valence-corrected chi connectivity index (χ4v) is 3.49. The first-order valence-corrected chi connectivity index (χ1v) is 9.22. The minimum atomic E-state index is -3.05. The third kappa shape index (κ3) is 4.52. The lowest BCUT2D eigenvalue weighted by Crippen LogP contribution is -2.26. The van der Waals surface area contributed by atoms with E-state index in [1.54, 1.807) is 0 Å². The number of benzene rings is 1. The number of hydrogen-bond acceptors (Lipinski definition) is 5. The molecule has 1 heterocycles. The second kappa shape index (κ2) is 8.61. The summed E-state index contributed by atoms with van der Waals surface area (Å²) in [5, 5.41) is 4.17.